The van der Waals surface area contributed by atoms with Crippen LogP contribution in [0.1, 0.15) is 47.0 Å². The summed E-state index contributed by atoms with van der Waals surface area (Å²) in [6.07, 6.45) is 0.767. The predicted molar refractivity (Wildman–Crippen MR) is 101 cm³/mol. The summed E-state index contributed by atoms with van der Waals surface area (Å²) < 4.78 is 4.66. The van der Waals surface area contributed by atoms with E-state index in [4.69, 9.17) is 4.74 Å². The number of carboxylic acid groups (broad SMARTS) is 1. The van der Waals surface area contributed by atoms with Crippen molar-refractivity contribution in [1.82, 2.24) is 10.6 Å². The highest BCUT2D eigenvalue weighted by atomic mass is 32.2. The molecule has 0 unspecified atom stereocenters. The number of carbonyl (C=O) groups is 3. The fraction of sp³-hybridized carbons (Fsp3) is 0.812. The molecule has 0 aromatic heterocycles. The van der Waals surface area contributed by atoms with E-state index in [0.29, 0.717) is 19.4 Å². The molecule has 0 aliphatic carbocycles. The average Bonchev–Trinajstić information content (AvgIpc) is 2.91. The molecule has 0 aromatic carbocycles. The minimum absolute atomic E-state index is 0.0154. The van der Waals surface area contributed by atoms with Crippen LogP contribution in [0.2, 0.25) is 0 Å². The van der Waals surface area contributed by atoms with Crippen molar-refractivity contribution in [1.29, 1.82) is 0 Å². The number of aliphatic carboxylic acids is 1. The molecule has 7 nitrogen and oxygen atoms in total. The smallest absolute Gasteiger partial charge is 0.408 e. The summed E-state index contributed by atoms with van der Waals surface area (Å²) in [6.45, 7) is 7.57. The highest BCUT2D eigenvalue weighted by Gasteiger charge is 2.37. The van der Waals surface area contributed by atoms with E-state index >= 15 is 0 Å². The first kappa shape index (κ1) is 22.0. The molecule has 1 fully saturated rings. The second-order valence-electron chi connectivity index (χ2n) is 6.93. The van der Waals surface area contributed by atoms with Crippen LogP contribution in [0.5, 0.6) is 0 Å². The zero-order valence-corrected chi connectivity index (χ0v) is 16.8. The Morgan fingerprint density at radius 2 is 1.80 bits per heavy atom. The first-order chi connectivity index (χ1) is 11.5. The third kappa shape index (κ3) is 8.22. The van der Waals surface area contributed by atoms with Gasteiger partial charge in [0.25, 0.3) is 0 Å². The Hall–Kier alpha value is -1.09. The highest BCUT2D eigenvalue weighted by Crippen LogP contribution is 2.43. The van der Waals surface area contributed by atoms with Crippen LogP contribution >= 0.6 is 23.5 Å². The normalized spacial score (nSPS) is 17.6. The van der Waals surface area contributed by atoms with E-state index in [2.05, 4.69) is 10.6 Å². The number of alkyl carbamates (subject to hydrolysis) is 1. The Morgan fingerprint density at radius 1 is 1.20 bits per heavy atom. The lowest BCUT2D eigenvalue weighted by atomic mass is 10.1. The summed E-state index contributed by atoms with van der Waals surface area (Å²) in [5, 5.41) is 14.5. The molecular weight excluding hydrogens is 364 g/mol. The molecule has 0 aromatic rings. The van der Waals surface area contributed by atoms with E-state index in [9.17, 15) is 19.5 Å². The summed E-state index contributed by atoms with van der Waals surface area (Å²) in [5.74, 6) is 0.874. The van der Waals surface area contributed by atoms with Gasteiger partial charge in [-0.25, -0.2) is 9.59 Å². The molecule has 1 rings (SSSR count). The monoisotopic (exact) mass is 392 g/mol. The van der Waals surface area contributed by atoms with Crippen LogP contribution in [0.3, 0.4) is 0 Å². The molecule has 0 bridgehead atoms. The fourth-order valence-corrected chi connectivity index (χ4v) is 4.87. The summed E-state index contributed by atoms with van der Waals surface area (Å²) >= 11 is 3.30. The molecule has 25 heavy (non-hydrogen) atoms. The number of rotatable bonds is 8. The molecule has 1 atom stereocenters. The van der Waals surface area contributed by atoms with Crippen LogP contribution < -0.4 is 10.6 Å². The average molecular weight is 393 g/mol. The molecule has 2 amide bonds. The molecule has 144 valence electrons. The SMILES string of the molecule is CC(C)(C)OC(=O)N[C@@H](CCCCNC(=O)C1(C)SCCS1)C(=O)O. The van der Waals surface area contributed by atoms with Crippen LogP contribution in [0.25, 0.3) is 0 Å². The number of nitrogens with one attached hydrogen (secondary N) is 2. The van der Waals surface area contributed by atoms with Gasteiger partial charge in [-0.3, -0.25) is 4.79 Å². The zero-order chi connectivity index (χ0) is 19.1. The zero-order valence-electron chi connectivity index (χ0n) is 15.2. The van der Waals surface area contributed by atoms with E-state index in [1.165, 1.54) is 0 Å². The van der Waals surface area contributed by atoms with Gasteiger partial charge in [-0.05, 0) is 47.0 Å². The van der Waals surface area contributed by atoms with Crippen molar-refractivity contribution in [2.75, 3.05) is 18.1 Å². The van der Waals surface area contributed by atoms with Crippen LogP contribution in [0, 0.1) is 0 Å². The number of ether oxygens (including phenoxy) is 1. The van der Waals surface area contributed by atoms with Crippen molar-refractivity contribution in [3.8, 4) is 0 Å². The number of amides is 2. The summed E-state index contributed by atoms with van der Waals surface area (Å²) in [6, 6.07) is -0.996. The second-order valence-corrected chi connectivity index (χ2v) is 10.2. The molecule has 1 aliphatic rings. The molecular formula is C16H28N2O5S2. The van der Waals surface area contributed by atoms with Gasteiger partial charge in [0.1, 0.15) is 15.7 Å². The molecule has 9 heteroatoms. The lowest BCUT2D eigenvalue weighted by molar-refractivity contribution is -0.139. The maximum atomic E-state index is 12.1. The van der Waals surface area contributed by atoms with E-state index in [-0.39, 0.29) is 12.3 Å². The van der Waals surface area contributed by atoms with Gasteiger partial charge >= 0.3 is 12.1 Å². The van der Waals surface area contributed by atoms with Gasteiger partial charge in [-0.1, -0.05) is 0 Å². The predicted octanol–water partition coefficient (Wildman–Crippen LogP) is 2.45. The summed E-state index contributed by atoms with van der Waals surface area (Å²) in [7, 11) is 0. The Bertz CT molecular complexity index is 487. The maximum absolute atomic E-state index is 12.1. The van der Waals surface area contributed by atoms with Crippen LogP contribution in [-0.4, -0.2) is 56.8 Å². The van der Waals surface area contributed by atoms with E-state index in [0.717, 1.165) is 11.5 Å². The molecule has 1 heterocycles. The number of unbranched alkanes of at least 4 members (excludes halogenated alkanes) is 1. The first-order valence-electron chi connectivity index (χ1n) is 8.32. The molecule has 3 N–H and O–H groups in total. The van der Waals surface area contributed by atoms with Gasteiger partial charge in [-0.15, -0.1) is 23.5 Å². The third-order valence-electron chi connectivity index (χ3n) is 3.44. The molecule has 1 saturated heterocycles. The van der Waals surface area contributed by atoms with Gasteiger partial charge in [0, 0.05) is 18.1 Å². The number of carbonyl (C=O) groups excluding carboxylic acids is 2. The van der Waals surface area contributed by atoms with Crippen molar-refractivity contribution in [3.05, 3.63) is 0 Å². The second kappa shape index (κ2) is 9.56. The largest absolute Gasteiger partial charge is 0.480 e. The Morgan fingerprint density at radius 3 is 2.32 bits per heavy atom. The Kier molecular flexibility index (Phi) is 8.40. The highest BCUT2D eigenvalue weighted by molar-refractivity contribution is 8.22. The maximum Gasteiger partial charge on any atom is 0.408 e. The van der Waals surface area contributed by atoms with Gasteiger partial charge in [0.2, 0.25) is 5.91 Å². The van der Waals surface area contributed by atoms with E-state index < -0.39 is 27.8 Å². The number of hydrogen-bond acceptors (Lipinski definition) is 6. The van der Waals surface area contributed by atoms with Gasteiger partial charge in [0.05, 0.1) is 0 Å². The van der Waals surface area contributed by atoms with Crippen molar-refractivity contribution < 1.29 is 24.2 Å². The summed E-state index contributed by atoms with van der Waals surface area (Å²) in [5.41, 5.74) is -0.677. The van der Waals surface area contributed by atoms with Crippen molar-refractivity contribution >= 4 is 41.5 Å². The summed E-state index contributed by atoms with van der Waals surface area (Å²) in [4.78, 5) is 35.0. The molecule has 0 spiro atoms. The van der Waals surface area contributed by atoms with Gasteiger partial charge in [-0.2, -0.15) is 0 Å². The number of hydrogen-bond donors (Lipinski definition) is 3. The number of thioether (sulfide) groups is 2. The standard InChI is InChI=1S/C16H28N2O5S2/c1-15(2,3)23-14(22)18-11(12(19)20)7-5-6-8-17-13(21)16(4)24-9-10-25-16/h11H,5-10H2,1-4H3,(H,17,21)(H,18,22)(H,19,20)/t11-/m0/s1. The fourth-order valence-electron chi connectivity index (χ4n) is 2.19. The Labute approximate surface area is 157 Å². The lowest BCUT2D eigenvalue weighted by Crippen LogP contribution is -2.43. The topological polar surface area (TPSA) is 105 Å². The van der Waals surface area contributed by atoms with Crippen LogP contribution in [0.4, 0.5) is 4.79 Å². The molecule has 1 aliphatic heterocycles. The number of carboxylic acids is 1. The lowest BCUT2D eigenvalue weighted by Gasteiger charge is -2.22. The minimum atomic E-state index is -1.10. The molecule has 0 saturated carbocycles. The van der Waals surface area contributed by atoms with Gasteiger partial charge < -0.3 is 20.5 Å². The third-order valence-corrected chi connectivity index (χ3v) is 6.70. The van der Waals surface area contributed by atoms with Crippen molar-refractivity contribution in [2.24, 2.45) is 0 Å². The minimum Gasteiger partial charge on any atom is -0.480 e. The van der Waals surface area contributed by atoms with E-state index in [1.54, 1.807) is 44.3 Å². The quantitative estimate of drug-likeness (QED) is 0.545. The molecule has 0 radical (unpaired) electrons. The van der Waals surface area contributed by atoms with Crippen LogP contribution in [0.15, 0.2) is 0 Å². The Balaban J connectivity index is 2.28. The van der Waals surface area contributed by atoms with E-state index in [1.807, 2.05) is 6.92 Å². The van der Waals surface area contributed by atoms with Crippen molar-refractivity contribution in [2.45, 2.75) is 62.7 Å². The first-order valence-corrected chi connectivity index (χ1v) is 10.3. The van der Waals surface area contributed by atoms with Crippen molar-refractivity contribution in [3.63, 3.8) is 0 Å². The van der Waals surface area contributed by atoms with Crippen LogP contribution in [-0.2, 0) is 14.3 Å². The van der Waals surface area contributed by atoms with Gasteiger partial charge in [0.15, 0.2) is 0 Å².